The van der Waals surface area contributed by atoms with E-state index in [1.807, 2.05) is 12.1 Å². The van der Waals surface area contributed by atoms with Crippen LogP contribution in [0.3, 0.4) is 0 Å². The summed E-state index contributed by atoms with van der Waals surface area (Å²) in [4.78, 5) is 22.2. The predicted octanol–water partition coefficient (Wildman–Crippen LogP) is 1.62. The largest absolute Gasteiger partial charge is 0.480 e. The minimum Gasteiger partial charge on any atom is -0.480 e. The van der Waals surface area contributed by atoms with Gasteiger partial charge in [0.25, 0.3) is 0 Å². The molecule has 0 heterocycles. The summed E-state index contributed by atoms with van der Waals surface area (Å²) in [6.07, 6.45) is 1.86. The van der Waals surface area contributed by atoms with Crippen molar-refractivity contribution in [3.63, 3.8) is 0 Å². The average Bonchev–Trinajstić information content (AvgIpc) is 2.30. The van der Waals surface area contributed by atoms with Gasteiger partial charge in [-0.1, -0.05) is 37.6 Å². The number of Topliss-reactive ketones (excluding diaryl/α,β-unsaturated/α-hetero) is 1. The minimum absolute atomic E-state index is 0.164. The lowest BCUT2D eigenvalue weighted by molar-refractivity contribution is -0.138. The van der Waals surface area contributed by atoms with Gasteiger partial charge in [-0.15, -0.1) is 0 Å². The molecule has 0 aromatic heterocycles. The van der Waals surface area contributed by atoms with E-state index in [0.717, 1.165) is 12.8 Å². The summed E-state index contributed by atoms with van der Waals surface area (Å²) < 4.78 is 0. The molecule has 1 atom stereocenters. The van der Waals surface area contributed by atoms with Gasteiger partial charge in [0.05, 0.1) is 0 Å². The third-order valence-corrected chi connectivity index (χ3v) is 2.54. The normalized spacial score (nSPS) is 12.1. The van der Waals surface area contributed by atoms with E-state index in [-0.39, 0.29) is 12.2 Å². The van der Waals surface area contributed by atoms with Gasteiger partial charge in [-0.25, -0.2) is 0 Å². The van der Waals surface area contributed by atoms with Gasteiger partial charge in [-0.05, 0) is 12.0 Å². The fraction of sp³-hybridized carbons (Fsp3) is 0.385. The first-order chi connectivity index (χ1) is 8.04. The molecule has 0 bridgehead atoms. The van der Waals surface area contributed by atoms with Crippen LogP contribution in [-0.2, 0) is 11.2 Å². The standard InChI is InChI=1S/C13H17NO3/c1-2-3-9-4-6-10(7-5-9)12(15)8-11(14)13(16)17/h4-7,11H,2-3,8,14H2,1H3,(H,16,17)/t11-/m0/s1. The summed E-state index contributed by atoms with van der Waals surface area (Å²) in [5.41, 5.74) is 7.00. The number of hydrogen-bond donors (Lipinski definition) is 2. The highest BCUT2D eigenvalue weighted by Crippen LogP contribution is 2.09. The zero-order valence-electron chi connectivity index (χ0n) is 9.85. The summed E-state index contributed by atoms with van der Waals surface area (Å²) in [7, 11) is 0. The van der Waals surface area contributed by atoms with Crippen molar-refractivity contribution in [1.29, 1.82) is 0 Å². The topological polar surface area (TPSA) is 80.4 Å². The van der Waals surface area contributed by atoms with E-state index in [9.17, 15) is 9.59 Å². The highest BCUT2D eigenvalue weighted by atomic mass is 16.4. The molecule has 0 saturated carbocycles. The Hall–Kier alpha value is -1.68. The number of carbonyl (C=O) groups excluding carboxylic acids is 1. The summed E-state index contributed by atoms with van der Waals surface area (Å²) in [5, 5.41) is 8.61. The van der Waals surface area contributed by atoms with Crippen molar-refractivity contribution in [2.75, 3.05) is 0 Å². The van der Waals surface area contributed by atoms with Crippen LogP contribution >= 0.6 is 0 Å². The molecule has 1 aromatic carbocycles. The second-order valence-electron chi connectivity index (χ2n) is 4.02. The van der Waals surface area contributed by atoms with Gasteiger partial charge in [0.2, 0.25) is 0 Å². The van der Waals surface area contributed by atoms with Crippen molar-refractivity contribution in [1.82, 2.24) is 0 Å². The molecule has 1 rings (SSSR count). The number of carbonyl (C=O) groups is 2. The Balaban J connectivity index is 2.66. The van der Waals surface area contributed by atoms with Gasteiger partial charge in [-0.2, -0.15) is 0 Å². The maximum Gasteiger partial charge on any atom is 0.320 e. The van der Waals surface area contributed by atoms with Crippen LogP contribution < -0.4 is 5.73 Å². The number of carboxylic acid groups (broad SMARTS) is 1. The monoisotopic (exact) mass is 235 g/mol. The lowest BCUT2D eigenvalue weighted by atomic mass is 10.0. The number of benzene rings is 1. The molecule has 0 aliphatic carbocycles. The van der Waals surface area contributed by atoms with Crippen molar-refractivity contribution in [2.45, 2.75) is 32.2 Å². The van der Waals surface area contributed by atoms with Gasteiger partial charge in [0.1, 0.15) is 6.04 Å². The lowest BCUT2D eigenvalue weighted by Gasteiger charge is -2.06. The number of nitrogens with two attached hydrogens (primary N) is 1. The summed E-state index contributed by atoms with van der Waals surface area (Å²) in [6.45, 7) is 2.09. The van der Waals surface area contributed by atoms with Crippen molar-refractivity contribution < 1.29 is 14.7 Å². The van der Waals surface area contributed by atoms with E-state index >= 15 is 0 Å². The van der Waals surface area contributed by atoms with Crippen molar-refractivity contribution in [3.8, 4) is 0 Å². The smallest absolute Gasteiger partial charge is 0.320 e. The molecule has 0 spiro atoms. The molecular formula is C13H17NO3. The van der Waals surface area contributed by atoms with Gasteiger partial charge in [-0.3, -0.25) is 9.59 Å². The molecule has 0 amide bonds. The third-order valence-electron chi connectivity index (χ3n) is 2.54. The lowest BCUT2D eigenvalue weighted by Crippen LogP contribution is -2.32. The second-order valence-corrected chi connectivity index (χ2v) is 4.02. The van der Waals surface area contributed by atoms with Crippen LogP contribution in [0, 0.1) is 0 Å². The van der Waals surface area contributed by atoms with E-state index in [2.05, 4.69) is 6.92 Å². The maximum atomic E-state index is 11.7. The molecule has 4 nitrogen and oxygen atoms in total. The summed E-state index contributed by atoms with van der Waals surface area (Å²) in [5.74, 6) is -1.39. The van der Waals surface area contributed by atoms with E-state index in [1.165, 1.54) is 5.56 Å². The highest BCUT2D eigenvalue weighted by molar-refractivity contribution is 5.98. The molecule has 17 heavy (non-hydrogen) atoms. The van der Waals surface area contributed by atoms with Crippen molar-refractivity contribution in [3.05, 3.63) is 35.4 Å². The van der Waals surface area contributed by atoms with Gasteiger partial charge in [0.15, 0.2) is 5.78 Å². The summed E-state index contributed by atoms with van der Waals surface area (Å²) in [6, 6.07) is 6.10. The quantitative estimate of drug-likeness (QED) is 0.734. The van der Waals surface area contributed by atoms with Gasteiger partial charge in [0, 0.05) is 12.0 Å². The highest BCUT2D eigenvalue weighted by Gasteiger charge is 2.17. The number of rotatable bonds is 6. The van der Waals surface area contributed by atoms with E-state index < -0.39 is 12.0 Å². The maximum absolute atomic E-state index is 11.7. The Morgan fingerprint density at radius 3 is 2.35 bits per heavy atom. The average molecular weight is 235 g/mol. The first-order valence-corrected chi connectivity index (χ1v) is 5.65. The summed E-state index contributed by atoms with van der Waals surface area (Å²) >= 11 is 0. The minimum atomic E-state index is -1.15. The van der Waals surface area contributed by atoms with E-state index in [1.54, 1.807) is 12.1 Å². The van der Waals surface area contributed by atoms with Gasteiger partial charge < -0.3 is 10.8 Å². The Bertz CT molecular complexity index is 398. The zero-order chi connectivity index (χ0) is 12.8. The third kappa shape index (κ3) is 4.00. The Morgan fingerprint density at radius 2 is 1.88 bits per heavy atom. The van der Waals surface area contributed by atoms with E-state index in [4.69, 9.17) is 10.8 Å². The van der Waals surface area contributed by atoms with Crippen LogP contribution in [0.15, 0.2) is 24.3 Å². The first kappa shape index (κ1) is 13.4. The van der Waals surface area contributed by atoms with Crippen LogP contribution in [0.2, 0.25) is 0 Å². The molecule has 1 aromatic rings. The molecule has 0 aliphatic heterocycles. The Kier molecular flexibility index (Phi) is 4.84. The molecule has 0 aliphatic rings. The fourth-order valence-corrected chi connectivity index (χ4v) is 1.55. The molecule has 92 valence electrons. The number of ketones is 1. The fourth-order valence-electron chi connectivity index (χ4n) is 1.55. The molecular weight excluding hydrogens is 218 g/mol. The van der Waals surface area contributed by atoms with Crippen LogP contribution in [0.5, 0.6) is 0 Å². The molecule has 0 saturated heterocycles. The van der Waals surface area contributed by atoms with E-state index in [0.29, 0.717) is 5.56 Å². The van der Waals surface area contributed by atoms with Crippen LogP contribution in [0.1, 0.15) is 35.7 Å². The Morgan fingerprint density at radius 1 is 1.29 bits per heavy atom. The predicted molar refractivity (Wildman–Crippen MR) is 65.0 cm³/mol. The van der Waals surface area contributed by atoms with Gasteiger partial charge >= 0.3 is 5.97 Å². The SMILES string of the molecule is CCCc1ccc(C(=O)C[C@H](N)C(=O)O)cc1. The number of aliphatic carboxylic acids is 1. The molecule has 4 heteroatoms. The van der Waals surface area contributed by atoms with Crippen molar-refractivity contribution in [2.24, 2.45) is 5.73 Å². The molecule has 0 radical (unpaired) electrons. The van der Waals surface area contributed by atoms with Crippen molar-refractivity contribution >= 4 is 11.8 Å². The number of aryl methyl sites for hydroxylation is 1. The van der Waals surface area contributed by atoms with Crippen LogP contribution in [-0.4, -0.2) is 22.9 Å². The Labute approximate surface area is 100 Å². The molecule has 0 fully saturated rings. The molecule has 3 N–H and O–H groups in total. The first-order valence-electron chi connectivity index (χ1n) is 5.65. The molecule has 0 unspecified atom stereocenters. The van der Waals surface area contributed by atoms with Crippen LogP contribution in [0.25, 0.3) is 0 Å². The number of hydrogen-bond acceptors (Lipinski definition) is 3. The van der Waals surface area contributed by atoms with Crippen LogP contribution in [0.4, 0.5) is 0 Å². The number of carboxylic acids is 1. The second kappa shape index (κ2) is 6.15. The zero-order valence-corrected chi connectivity index (χ0v) is 9.85.